The van der Waals surface area contributed by atoms with E-state index in [4.69, 9.17) is 0 Å². The molecule has 0 spiro atoms. The molecule has 0 radical (unpaired) electrons. The van der Waals surface area contributed by atoms with E-state index in [1.165, 1.54) is 5.56 Å². The highest BCUT2D eigenvalue weighted by Gasteiger charge is 2.22. The fourth-order valence-electron chi connectivity index (χ4n) is 6.83. The van der Waals surface area contributed by atoms with Crippen LogP contribution >= 0.6 is 0 Å². The third-order valence-electron chi connectivity index (χ3n) is 9.14. The molecular formula is C45H38FN3O. The van der Waals surface area contributed by atoms with E-state index in [0.717, 1.165) is 55.5 Å². The first-order valence-corrected chi connectivity index (χ1v) is 16.7. The standard InChI is InChI=1S/C45H38FN3O/c1-5-8-17-36(16-7-3)49(46)43-28-27-42-44(45(43)50)38-30-33(24-26-41(38)48(42)35-20-14-11-15-21-35)32-23-25-40-37(29-32)31(4)39(22-9-6-2)47(40)34-18-12-10-13-19-34/h5-30,50H,2H2,1,3-4H3/b8-5-,16-7-,22-9-,36-17+. The Balaban J connectivity index is 1.46. The van der Waals surface area contributed by atoms with Gasteiger partial charge in [-0.15, -0.1) is 0 Å². The number of phenols is 1. The number of hydrogen-bond acceptors (Lipinski definition) is 2. The molecule has 50 heavy (non-hydrogen) atoms. The monoisotopic (exact) mass is 655 g/mol. The molecule has 0 fully saturated rings. The van der Waals surface area contributed by atoms with Gasteiger partial charge in [0.25, 0.3) is 0 Å². The Morgan fingerprint density at radius 2 is 1.32 bits per heavy atom. The first-order valence-electron chi connectivity index (χ1n) is 16.7. The zero-order valence-electron chi connectivity index (χ0n) is 28.4. The number of rotatable bonds is 9. The highest BCUT2D eigenvalue weighted by molar-refractivity contribution is 6.15. The van der Waals surface area contributed by atoms with E-state index in [1.54, 1.807) is 36.4 Å². The average Bonchev–Trinajstić information content (AvgIpc) is 3.64. The molecule has 0 saturated heterocycles. The molecule has 4 nitrogen and oxygen atoms in total. The molecule has 7 rings (SSSR count). The molecule has 5 heteroatoms. The second-order valence-electron chi connectivity index (χ2n) is 12.1. The van der Waals surface area contributed by atoms with Gasteiger partial charge in [-0.25, -0.2) is 0 Å². The number of para-hydroxylation sites is 2. The zero-order valence-corrected chi connectivity index (χ0v) is 28.4. The van der Waals surface area contributed by atoms with Crippen LogP contribution in [0.5, 0.6) is 5.75 Å². The molecule has 0 unspecified atom stereocenters. The van der Waals surface area contributed by atoms with Crippen LogP contribution in [0.2, 0.25) is 0 Å². The number of benzene rings is 5. The second-order valence-corrected chi connectivity index (χ2v) is 12.1. The Morgan fingerprint density at radius 3 is 1.94 bits per heavy atom. The molecule has 0 atom stereocenters. The van der Waals surface area contributed by atoms with Crippen molar-refractivity contribution < 1.29 is 9.59 Å². The van der Waals surface area contributed by atoms with E-state index < -0.39 is 0 Å². The number of anilines is 1. The van der Waals surface area contributed by atoms with Gasteiger partial charge in [-0.1, -0.05) is 90.0 Å². The second kappa shape index (κ2) is 13.7. The maximum absolute atomic E-state index is 16.1. The lowest BCUT2D eigenvalue weighted by molar-refractivity contribution is 0.448. The van der Waals surface area contributed by atoms with E-state index in [-0.39, 0.29) is 11.4 Å². The number of fused-ring (bicyclic) bond motifs is 4. The Bertz CT molecular complexity index is 2500. The maximum Gasteiger partial charge on any atom is 0.151 e. The van der Waals surface area contributed by atoms with Crippen molar-refractivity contribution in [2.75, 3.05) is 5.12 Å². The SMILES string of the molecule is C=C/C=C\c1c(C)c2cc(-c3ccc4c(c3)c3c(O)c(N(F)C(/C=C\C)=C/C=C\C)ccc3n4-c3ccccc3)ccc2n1-c1ccccc1. The Hall–Kier alpha value is -6.33. The lowest BCUT2D eigenvalue weighted by Crippen LogP contribution is -2.09. The van der Waals surface area contributed by atoms with Crippen LogP contribution in [0.25, 0.3) is 61.3 Å². The maximum atomic E-state index is 16.1. The van der Waals surface area contributed by atoms with Gasteiger partial charge in [0.15, 0.2) is 5.75 Å². The molecule has 2 heterocycles. The number of aryl methyl sites for hydroxylation is 1. The summed E-state index contributed by atoms with van der Waals surface area (Å²) in [7, 11) is 0. The van der Waals surface area contributed by atoms with Gasteiger partial charge in [0.1, 0.15) is 5.69 Å². The minimum Gasteiger partial charge on any atom is -0.505 e. The number of nitrogens with zero attached hydrogens (tertiary/aromatic N) is 3. The predicted octanol–water partition coefficient (Wildman–Crippen LogP) is 12.3. The third-order valence-corrected chi connectivity index (χ3v) is 9.14. The van der Waals surface area contributed by atoms with Gasteiger partial charge in [-0.3, -0.25) is 0 Å². The van der Waals surface area contributed by atoms with Crippen molar-refractivity contribution >= 4 is 44.5 Å². The summed E-state index contributed by atoms with van der Waals surface area (Å²) in [5.74, 6) is -0.123. The van der Waals surface area contributed by atoms with Gasteiger partial charge in [0.2, 0.25) is 0 Å². The molecule has 0 bridgehead atoms. The first kappa shape index (κ1) is 32.2. The number of hydrogen-bond donors (Lipinski definition) is 1. The number of phenolic OH excluding ortho intramolecular Hbond substituents is 1. The van der Waals surface area contributed by atoms with Gasteiger partial charge in [0, 0.05) is 27.8 Å². The summed E-state index contributed by atoms with van der Waals surface area (Å²) >= 11 is 0. The third kappa shape index (κ3) is 5.53. The van der Waals surface area contributed by atoms with Crippen LogP contribution in [-0.4, -0.2) is 14.2 Å². The number of allylic oxidation sites excluding steroid dienone is 7. The topological polar surface area (TPSA) is 33.3 Å². The highest BCUT2D eigenvalue weighted by Crippen LogP contribution is 2.45. The quantitative estimate of drug-likeness (QED) is 0.124. The first-order chi connectivity index (χ1) is 24.5. The van der Waals surface area contributed by atoms with Gasteiger partial charge in [-0.2, -0.15) is 5.12 Å². The lowest BCUT2D eigenvalue weighted by atomic mass is 10.00. The summed E-state index contributed by atoms with van der Waals surface area (Å²) < 4.78 is 20.5. The summed E-state index contributed by atoms with van der Waals surface area (Å²) in [6, 6.07) is 36.8. The van der Waals surface area contributed by atoms with Crippen LogP contribution in [0.4, 0.5) is 10.2 Å². The smallest absolute Gasteiger partial charge is 0.151 e. The molecular weight excluding hydrogens is 618 g/mol. The summed E-state index contributed by atoms with van der Waals surface area (Å²) in [6.45, 7) is 9.75. The van der Waals surface area contributed by atoms with Crippen LogP contribution in [0.3, 0.4) is 0 Å². The molecule has 0 aliphatic carbocycles. The van der Waals surface area contributed by atoms with Crippen LogP contribution in [0.15, 0.2) is 164 Å². The minimum atomic E-state index is -0.123. The van der Waals surface area contributed by atoms with Gasteiger partial charge >= 0.3 is 0 Å². The molecule has 1 N–H and O–H groups in total. The molecule has 0 saturated carbocycles. The van der Waals surface area contributed by atoms with Crippen molar-refractivity contribution in [2.45, 2.75) is 20.8 Å². The summed E-state index contributed by atoms with van der Waals surface area (Å²) in [5.41, 5.74) is 9.52. The van der Waals surface area contributed by atoms with Crippen LogP contribution < -0.4 is 5.12 Å². The molecule has 0 aliphatic heterocycles. The van der Waals surface area contributed by atoms with Crippen molar-refractivity contribution in [3.8, 4) is 28.3 Å². The van der Waals surface area contributed by atoms with Gasteiger partial charge in [0.05, 0.1) is 27.6 Å². The summed E-state index contributed by atoms with van der Waals surface area (Å²) in [4.78, 5) is 0. The van der Waals surface area contributed by atoms with Gasteiger partial charge < -0.3 is 14.2 Å². The number of aromatic nitrogens is 2. The summed E-state index contributed by atoms with van der Waals surface area (Å²) in [5, 5.41) is 15.0. The van der Waals surface area contributed by atoms with E-state index in [1.807, 2.05) is 68.5 Å². The molecule has 246 valence electrons. The Labute approximate surface area is 291 Å². The number of halogens is 1. The van der Waals surface area contributed by atoms with Crippen molar-refractivity contribution in [1.82, 2.24) is 9.13 Å². The zero-order chi connectivity index (χ0) is 34.8. The van der Waals surface area contributed by atoms with Crippen LogP contribution in [0.1, 0.15) is 25.1 Å². The average molecular weight is 656 g/mol. The van der Waals surface area contributed by atoms with Crippen molar-refractivity contribution in [3.63, 3.8) is 0 Å². The summed E-state index contributed by atoms with van der Waals surface area (Å²) in [6.07, 6.45) is 14.6. The molecule has 2 aromatic heterocycles. The fourth-order valence-corrected chi connectivity index (χ4v) is 6.83. The molecule has 5 aromatic carbocycles. The van der Waals surface area contributed by atoms with Gasteiger partial charge in [-0.05, 0) is 116 Å². The normalized spacial score (nSPS) is 12.4. The number of aromatic hydroxyl groups is 1. The highest BCUT2D eigenvalue weighted by atomic mass is 19.2. The predicted molar refractivity (Wildman–Crippen MR) is 210 cm³/mol. The molecule has 0 amide bonds. The fraction of sp³-hybridized carbons (Fsp3) is 0.0667. The van der Waals surface area contributed by atoms with E-state index in [0.29, 0.717) is 16.2 Å². The van der Waals surface area contributed by atoms with Crippen molar-refractivity contribution in [2.24, 2.45) is 0 Å². The Kier molecular flexibility index (Phi) is 8.80. The van der Waals surface area contributed by atoms with E-state index in [9.17, 15) is 5.11 Å². The van der Waals surface area contributed by atoms with Crippen LogP contribution in [0, 0.1) is 6.92 Å². The van der Waals surface area contributed by atoms with Crippen molar-refractivity contribution in [3.05, 3.63) is 175 Å². The van der Waals surface area contributed by atoms with E-state index >= 15 is 4.48 Å². The van der Waals surface area contributed by atoms with Crippen molar-refractivity contribution in [1.29, 1.82) is 0 Å². The molecule has 0 aliphatic rings. The lowest BCUT2D eigenvalue weighted by Gasteiger charge is -2.17. The largest absolute Gasteiger partial charge is 0.505 e. The van der Waals surface area contributed by atoms with Crippen LogP contribution in [-0.2, 0) is 0 Å². The minimum absolute atomic E-state index is 0.0725. The molecule has 7 aromatic rings. The van der Waals surface area contributed by atoms with E-state index in [2.05, 4.69) is 89.4 Å². The Morgan fingerprint density at radius 1 is 0.720 bits per heavy atom.